The van der Waals surface area contributed by atoms with E-state index in [-0.39, 0.29) is 17.4 Å². The molecule has 0 aliphatic carbocycles. The first-order valence-electron chi connectivity index (χ1n) is 8.79. The van der Waals surface area contributed by atoms with E-state index in [0.29, 0.717) is 23.9 Å². The average Bonchev–Trinajstić information content (AvgIpc) is 3.27. The zero-order valence-corrected chi connectivity index (χ0v) is 15.3. The first kappa shape index (κ1) is 17.4. The van der Waals surface area contributed by atoms with Crippen LogP contribution in [-0.4, -0.2) is 71.7 Å². The maximum absolute atomic E-state index is 12.1. The van der Waals surface area contributed by atoms with Crippen molar-refractivity contribution in [1.82, 2.24) is 19.6 Å². The third kappa shape index (κ3) is 3.74. The van der Waals surface area contributed by atoms with Gasteiger partial charge in [-0.2, -0.15) is 5.10 Å². The summed E-state index contributed by atoms with van der Waals surface area (Å²) in [5.74, 6) is 1.21. The lowest BCUT2D eigenvalue weighted by molar-refractivity contribution is 0.0800. The van der Waals surface area contributed by atoms with Gasteiger partial charge in [0.15, 0.2) is 15.6 Å². The molecule has 0 saturated carbocycles. The molecule has 140 valence electrons. The van der Waals surface area contributed by atoms with Gasteiger partial charge >= 0.3 is 0 Å². The number of nitrogens with zero attached hydrogens (tertiary/aromatic N) is 4. The largest absolute Gasteiger partial charge is 0.463 e. The Hall–Kier alpha value is -1.97. The summed E-state index contributed by atoms with van der Waals surface area (Å²) in [6.45, 7) is 3.62. The lowest BCUT2D eigenvalue weighted by Gasteiger charge is -2.37. The van der Waals surface area contributed by atoms with Gasteiger partial charge in [-0.15, -0.1) is 0 Å². The SMILES string of the molecule is O=c1ccc(-c2ccco2)nn1CN1CCN([C@@H]2CCS(=O)(=O)C2)CC1. The Morgan fingerprint density at radius 2 is 1.96 bits per heavy atom. The monoisotopic (exact) mass is 378 g/mol. The van der Waals surface area contributed by atoms with Gasteiger partial charge in [0.1, 0.15) is 5.69 Å². The molecule has 2 fully saturated rings. The summed E-state index contributed by atoms with van der Waals surface area (Å²) in [5, 5.41) is 4.40. The fourth-order valence-electron chi connectivity index (χ4n) is 3.63. The van der Waals surface area contributed by atoms with Gasteiger partial charge in [-0.25, -0.2) is 13.1 Å². The Labute approximate surface area is 151 Å². The average molecular weight is 378 g/mol. The molecule has 0 radical (unpaired) electrons. The smallest absolute Gasteiger partial charge is 0.268 e. The molecule has 2 saturated heterocycles. The van der Waals surface area contributed by atoms with E-state index in [1.807, 2.05) is 6.07 Å². The van der Waals surface area contributed by atoms with Crippen molar-refractivity contribution in [3.05, 3.63) is 40.9 Å². The van der Waals surface area contributed by atoms with Crippen LogP contribution in [-0.2, 0) is 16.5 Å². The number of aromatic nitrogens is 2. The standard InChI is InChI=1S/C17H22N4O4S/c22-17-4-3-15(16-2-1-10-25-16)18-21(17)13-19-6-8-20(9-7-19)14-5-11-26(23,24)12-14/h1-4,10,14H,5-9,11-13H2/t14-/m1/s1. The molecule has 0 spiro atoms. The summed E-state index contributed by atoms with van der Waals surface area (Å²) in [6, 6.07) is 6.91. The van der Waals surface area contributed by atoms with Gasteiger partial charge in [0.25, 0.3) is 5.56 Å². The predicted octanol–water partition coefficient (Wildman–Crippen LogP) is 0.266. The lowest BCUT2D eigenvalue weighted by atomic mass is 10.2. The molecule has 4 rings (SSSR count). The topological polar surface area (TPSA) is 88.7 Å². The van der Waals surface area contributed by atoms with E-state index in [0.717, 1.165) is 32.6 Å². The Morgan fingerprint density at radius 3 is 2.62 bits per heavy atom. The second kappa shape index (κ2) is 6.98. The van der Waals surface area contributed by atoms with Crippen LogP contribution in [0.3, 0.4) is 0 Å². The fraction of sp³-hybridized carbons (Fsp3) is 0.529. The Balaban J connectivity index is 1.39. The van der Waals surface area contributed by atoms with Gasteiger partial charge in [0.2, 0.25) is 0 Å². The molecule has 0 N–H and O–H groups in total. The quantitative estimate of drug-likeness (QED) is 0.754. The number of piperazine rings is 1. The van der Waals surface area contributed by atoms with Gasteiger partial charge in [0, 0.05) is 38.3 Å². The van der Waals surface area contributed by atoms with Crippen LogP contribution in [0.15, 0.2) is 39.7 Å². The summed E-state index contributed by atoms with van der Waals surface area (Å²) in [4.78, 5) is 16.6. The Bertz CT molecular complexity index is 914. The van der Waals surface area contributed by atoms with Crippen LogP contribution in [0.2, 0.25) is 0 Å². The van der Waals surface area contributed by atoms with Crippen LogP contribution in [0.5, 0.6) is 0 Å². The minimum absolute atomic E-state index is 0.144. The normalized spacial score (nSPS) is 24.1. The molecule has 2 aliphatic heterocycles. The number of hydrogen-bond donors (Lipinski definition) is 0. The van der Waals surface area contributed by atoms with E-state index in [1.54, 1.807) is 18.4 Å². The van der Waals surface area contributed by atoms with E-state index in [2.05, 4.69) is 14.9 Å². The summed E-state index contributed by atoms with van der Waals surface area (Å²) < 4.78 is 30.1. The lowest BCUT2D eigenvalue weighted by Crippen LogP contribution is -2.51. The van der Waals surface area contributed by atoms with Crippen molar-refractivity contribution in [2.75, 3.05) is 37.7 Å². The van der Waals surface area contributed by atoms with Crippen LogP contribution in [0.25, 0.3) is 11.5 Å². The van der Waals surface area contributed by atoms with E-state index in [9.17, 15) is 13.2 Å². The molecule has 2 aromatic rings. The highest BCUT2D eigenvalue weighted by molar-refractivity contribution is 7.91. The van der Waals surface area contributed by atoms with Crippen molar-refractivity contribution in [3.8, 4) is 11.5 Å². The zero-order valence-electron chi connectivity index (χ0n) is 14.5. The van der Waals surface area contributed by atoms with Crippen molar-refractivity contribution in [1.29, 1.82) is 0 Å². The summed E-state index contributed by atoms with van der Waals surface area (Å²) in [7, 11) is -2.86. The number of rotatable bonds is 4. The van der Waals surface area contributed by atoms with Crippen molar-refractivity contribution < 1.29 is 12.8 Å². The number of sulfone groups is 1. The van der Waals surface area contributed by atoms with Gasteiger partial charge in [-0.1, -0.05) is 0 Å². The van der Waals surface area contributed by atoms with Crippen LogP contribution < -0.4 is 5.56 Å². The van der Waals surface area contributed by atoms with Gasteiger partial charge in [-0.3, -0.25) is 14.6 Å². The maximum atomic E-state index is 12.1. The molecule has 26 heavy (non-hydrogen) atoms. The van der Waals surface area contributed by atoms with E-state index in [4.69, 9.17) is 4.42 Å². The van der Waals surface area contributed by atoms with Gasteiger partial charge in [-0.05, 0) is 24.6 Å². The predicted molar refractivity (Wildman–Crippen MR) is 96.4 cm³/mol. The summed E-state index contributed by atoms with van der Waals surface area (Å²) in [6.07, 6.45) is 2.31. The first-order valence-corrected chi connectivity index (χ1v) is 10.6. The molecule has 4 heterocycles. The van der Waals surface area contributed by atoms with Gasteiger partial charge < -0.3 is 4.42 Å². The number of furan rings is 1. The molecule has 2 aromatic heterocycles. The molecule has 0 bridgehead atoms. The van der Waals surface area contributed by atoms with Crippen LogP contribution in [0.1, 0.15) is 6.42 Å². The molecule has 8 nitrogen and oxygen atoms in total. The second-order valence-corrected chi connectivity index (χ2v) is 9.11. The van der Waals surface area contributed by atoms with Crippen molar-refractivity contribution in [2.24, 2.45) is 0 Å². The molecular weight excluding hydrogens is 356 g/mol. The Kier molecular flexibility index (Phi) is 4.68. The maximum Gasteiger partial charge on any atom is 0.268 e. The third-order valence-corrected chi connectivity index (χ3v) is 6.86. The Morgan fingerprint density at radius 1 is 1.15 bits per heavy atom. The minimum atomic E-state index is -2.86. The molecule has 1 atom stereocenters. The molecule has 0 unspecified atom stereocenters. The summed E-state index contributed by atoms with van der Waals surface area (Å²) >= 11 is 0. The molecule has 0 aromatic carbocycles. The zero-order chi connectivity index (χ0) is 18.1. The van der Waals surface area contributed by atoms with Crippen LogP contribution >= 0.6 is 0 Å². The molecule has 0 amide bonds. The summed E-state index contributed by atoms with van der Waals surface area (Å²) in [5.41, 5.74) is 0.481. The van der Waals surface area contributed by atoms with Gasteiger partial charge in [0.05, 0.1) is 24.4 Å². The molecular formula is C17H22N4O4S. The highest BCUT2D eigenvalue weighted by Gasteiger charge is 2.33. The highest BCUT2D eigenvalue weighted by Crippen LogP contribution is 2.19. The molecule has 2 aliphatic rings. The van der Waals surface area contributed by atoms with Crippen molar-refractivity contribution in [2.45, 2.75) is 19.1 Å². The number of hydrogen-bond acceptors (Lipinski definition) is 7. The van der Waals surface area contributed by atoms with Crippen LogP contribution in [0, 0.1) is 0 Å². The highest BCUT2D eigenvalue weighted by atomic mass is 32.2. The van der Waals surface area contributed by atoms with Crippen LogP contribution in [0.4, 0.5) is 0 Å². The second-order valence-electron chi connectivity index (χ2n) is 6.89. The first-order chi connectivity index (χ1) is 12.5. The molecule has 9 heteroatoms. The van der Waals surface area contributed by atoms with E-state index < -0.39 is 9.84 Å². The van der Waals surface area contributed by atoms with Crippen molar-refractivity contribution >= 4 is 9.84 Å². The third-order valence-electron chi connectivity index (χ3n) is 5.11. The van der Waals surface area contributed by atoms with E-state index >= 15 is 0 Å². The van der Waals surface area contributed by atoms with Crippen molar-refractivity contribution in [3.63, 3.8) is 0 Å². The fourth-order valence-corrected chi connectivity index (χ4v) is 5.39. The van der Waals surface area contributed by atoms with E-state index in [1.165, 1.54) is 10.7 Å². The minimum Gasteiger partial charge on any atom is -0.463 e.